The van der Waals surface area contributed by atoms with Crippen molar-refractivity contribution in [1.82, 2.24) is 10.6 Å². The zero-order valence-corrected chi connectivity index (χ0v) is 56.4. The molecule has 4 aliphatic rings. The Hall–Kier alpha value is -1.94. The number of nitrogens with one attached hydrogen (secondary N) is 2. The summed E-state index contributed by atoms with van der Waals surface area (Å²) in [6.07, 6.45) is -1.27. The number of ether oxygens (including phenoxy) is 8. The van der Waals surface area contributed by atoms with Crippen LogP contribution in [0.1, 0.15) is 240 Å². The minimum atomic E-state index is -2.09. The predicted molar refractivity (Wildman–Crippen MR) is 341 cm³/mol. The van der Waals surface area contributed by atoms with Gasteiger partial charge in [0.15, 0.2) is 25.2 Å². The summed E-state index contributed by atoms with van der Waals surface area (Å²) >= 11 is 0. The monoisotopic (exact) mass is 1340 g/mol. The molecule has 0 aliphatic carbocycles. The van der Waals surface area contributed by atoms with Crippen LogP contribution in [0, 0.1) is 0 Å². The second-order valence-corrected chi connectivity index (χ2v) is 26.8. The van der Waals surface area contributed by atoms with Crippen LogP contribution in [-0.2, 0) is 47.5 Å². The van der Waals surface area contributed by atoms with Gasteiger partial charge in [-0.25, -0.2) is 0 Å². The maximum atomic E-state index is 13.7. The third-order valence-electron chi connectivity index (χ3n) is 18.7. The van der Waals surface area contributed by atoms with E-state index in [1.807, 2.05) is 0 Å². The first-order valence-electron chi connectivity index (χ1n) is 35.8. The molecular weight excluding hydrogens is 1220 g/mol. The van der Waals surface area contributed by atoms with Crippen molar-refractivity contribution in [2.45, 2.75) is 387 Å². The van der Waals surface area contributed by atoms with E-state index in [0.29, 0.717) is 12.8 Å². The Kier molecular flexibility index (Phi) is 42.3. The molecule has 24 atom stereocenters. The highest BCUT2D eigenvalue weighted by molar-refractivity contribution is 5.80. The highest BCUT2D eigenvalue weighted by Gasteiger charge is 2.53. The zero-order valence-electron chi connectivity index (χ0n) is 56.4. The lowest BCUT2D eigenvalue weighted by atomic mass is 9.96. The molecular formula is C67H126N2O24. The van der Waals surface area contributed by atoms with Crippen LogP contribution in [0.3, 0.4) is 0 Å². The lowest BCUT2D eigenvalue weighted by Crippen LogP contribution is -2.66. The van der Waals surface area contributed by atoms with Gasteiger partial charge in [0.1, 0.15) is 104 Å². The molecule has 0 saturated carbocycles. The van der Waals surface area contributed by atoms with Crippen LogP contribution in [0.5, 0.6) is 0 Å². The average molecular weight is 1340 g/mol. The Labute approximate surface area is 552 Å². The van der Waals surface area contributed by atoms with E-state index in [1.165, 1.54) is 135 Å². The van der Waals surface area contributed by atoms with Crippen molar-refractivity contribution in [3.63, 3.8) is 0 Å². The number of carbonyl (C=O) groups is 2. The van der Waals surface area contributed by atoms with Gasteiger partial charge in [0.2, 0.25) is 11.8 Å². The lowest BCUT2D eigenvalue weighted by molar-refractivity contribution is -0.371. The first-order valence-corrected chi connectivity index (χ1v) is 35.8. The molecule has 0 aromatic heterocycles. The van der Waals surface area contributed by atoms with E-state index < -0.39 is 185 Å². The molecule has 93 heavy (non-hydrogen) atoms. The third-order valence-corrected chi connectivity index (χ3v) is 18.7. The SMILES string of the molecule is CCCCCCCCCCCCCCCCCC[C@@H](O)C(=O)N[C@@H](CO[C@H]1O[C@H](CO)[C@H](O)[C@H](O)[C@H]1O[C@H]1O[C@H](CO[C@@H]2O[C@H](CO[C@H]3O[C@H]([C@H](C)O)[C@@H](O)[C@@H]3O)[C@H](O)[C@H](O)[C@H]2NC(C)=O)[C@H](O)[C@H](O)[C@H]1O)[C@H](O)[C@H](O)CCCCCCCCCCCCCCCCC. The maximum absolute atomic E-state index is 13.7. The van der Waals surface area contributed by atoms with Crippen molar-refractivity contribution in [2.75, 3.05) is 26.4 Å². The fraction of sp³-hybridized carbons (Fsp3) is 0.970. The van der Waals surface area contributed by atoms with Crippen molar-refractivity contribution in [2.24, 2.45) is 0 Å². The molecule has 0 radical (unpaired) electrons. The molecule has 4 heterocycles. The Morgan fingerprint density at radius 3 is 1.30 bits per heavy atom. The molecule has 0 bridgehead atoms. The molecule has 26 nitrogen and oxygen atoms in total. The quantitative estimate of drug-likeness (QED) is 0.0389. The van der Waals surface area contributed by atoms with Crippen LogP contribution in [0.15, 0.2) is 0 Å². The molecule has 4 saturated heterocycles. The molecule has 4 fully saturated rings. The van der Waals surface area contributed by atoms with Crippen LogP contribution >= 0.6 is 0 Å². The summed E-state index contributed by atoms with van der Waals surface area (Å²) in [6.45, 7) is 3.99. The van der Waals surface area contributed by atoms with Crippen LogP contribution in [0.25, 0.3) is 0 Å². The molecule has 16 N–H and O–H groups in total. The molecule has 4 aliphatic heterocycles. The minimum Gasteiger partial charge on any atom is -0.394 e. The Balaban J connectivity index is 1.39. The number of rotatable bonds is 51. The predicted octanol–water partition coefficient (Wildman–Crippen LogP) is 2.93. The standard InChI is InChI=1S/C67H126N2O24/c1-5-7-9-11-13-15-17-19-21-23-25-27-29-31-33-35-37-46(74)63(85)69-44(51(75)45(73)36-34-32-30-28-26-24-22-20-18-16-14-12-10-8-6-2)39-86-67-62(57(81)52(76)47(38-70)89-67)93-66-59(83)56(80)54(78)49(91-66)40-87-64-50(68-43(4)72)55(79)53(77)48(90-64)41-88-65-60(84)58(82)61(92-65)42(3)71/h42,44-62,64-67,70-71,73-84H,5-41H2,1-4H3,(H,68,72)(H,69,85)/t42-,44-,45+,46+,47+,48+,49+,50+,51-,52-,53-,54-,55+,56-,57-,58-,59+,60-,61+,62+,64+,65-,66+,67-/m0/s1. The fourth-order valence-corrected chi connectivity index (χ4v) is 12.7. The molecule has 0 aromatic rings. The van der Waals surface area contributed by atoms with Crippen LogP contribution in [-0.4, -0.2) is 257 Å². The van der Waals surface area contributed by atoms with Crippen molar-refractivity contribution in [3.8, 4) is 0 Å². The number of hydrogen-bond acceptors (Lipinski definition) is 24. The second-order valence-electron chi connectivity index (χ2n) is 26.8. The van der Waals surface area contributed by atoms with Gasteiger partial charge in [-0.1, -0.05) is 213 Å². The lowest BCUT2D eigenvalue weighted by Gasteiger charge is -2.47. The van der Waals surface area contributed by atoms with E-state index in [1.54, 1.807) is 0 Å². The van der Waals surface area contributed by atoms with E-state index in [2.05, 4.69) is 24.5 Å². The van der Waals surface area contributed by atoms with E-state index in [0.717, 1.165) is 64.7 Å². The van der Waals surface area contributed by atoms with Gasteiger partial charge >= 0.3 is 0 Å². The number of unbranched alkanes of at least 4 members (excludes halogenated alkanes) is 29. The molecule has 0 unspecified atom stereocenters. The Morgan fingerprint density at radius 1 is 0.441 bits per heavy atom. The Bertz CT molecular complexity index is 1920. The van der Waals surface area contributed by atoms with Crippen LogP contribution in [0.2, 0.25) is 0 Å². The van der Waals surface area contributed by atoms with E-state index in [9.17, 15) is 81.1 Å². The number of hydrogen-bond donors (Lipinski definition) is 16. The van der Waals surface area contributed by atoms with E-state index >= 15 is 0 Å². The first-order chi connectivity index (χ1) is 44.7. The zero-order chi connectivity index (χ0) is 68.2. The van der Waals surface area contributed by atoms with Crippen molar-refractivity contribution in [3.05, 3.63) is 0 Å². The molecule has 26 heteroatoms. The van der Waals surface area contributed by atoms with Crippen molar-refractivity contribution in [1.29, 1.82) is 0 Å². The van der Waals surface area contributed by atoms with Gasteiger partial charge in [0.25, 0.3) is 0 Å². The topological polar surface area (TPSA) is 415 Å². The normalized spacial score (nSPS) is 32.5. The molecule has 0 aromatic carbocycles. The summed E-state index contributed by atoms with van der Waals surface area (Å²) in [5.74, 6) is -1.53. The molecule has 2 amide bonds. The van der Waals surface area contributed by atoms with Crippen molar-refractivity contribution < 1.29 is 119 Å². The van der Waals surface area contributed by atoms with E-state index in [4.69, 9.17) is 37.9 Å². The molecule has 548 valence electrons. The number of aliphatic hydroxyl groups is 14. The summed E-state index contributed by atoms with van der Waals surface area (Å²) in [4.78, 5) is 26.0. The van der Waals surface area contributed by atoms with Crippen LogP contribution in [0.4, 0.5) is 0 Å². The third kappa shape index (κ3) is 29.4. The largest absolute Gasteiger partial charge is 0.394 e. The average Bonchev–Trinajstić information content (AvgIpc) is 1.19. The van der Waals surface area contributed by atoms with Gasteiger partial charge in [0.05, 0.1) is 44.7 Å². The second kappa shape index (κ2) is 47.2. The van der Waals surface area contributed by atoms with Gasteiger partial charge in [-0.3, -0.25) is 9.59 Å². The Morgan fingerprint density at radius 2 is 0.849 bits per heavy atom. The van der Waals surface area contributed by atoms with Gasteiger partial charge in [-0.15, -0.1) is 0 Å². The first kappa shape index (κ1) is 83.5. The summed E-state index contributed by atoms with van der Waals surface area (Å²) in [6, 6.07) is -2.92. The maximum Gasteiger partial charge on any atom is 0.249 e. The number of amides is 2. The van der Waals surface area contributed by atoms with Crippen LogP contribution < -0.4 is 10.6 Å². The molecule has 0 spiro atoms. The summed E-state index contributed by atoms with van der Waals surface area (Å²) in [5, 5.41) is 159. The van der Waals surface area contributed by atoms with Gasteiger partial charge in [0, 0.05) is 6.92 Å². The minimum absolute atomic E-state index is 0.126. The van der Waals surface area contributed by atoms with Gasteiger partial charge in [-0.05, 0) is 19.8 Å². The van der Waals surface area contributed by atoms with Gasteiger partial charge in [-0.2, -0.15) is 0 Å². The fourth-order valence-electron chi connectivity index (χ4n) is 12.7. The summed E-state index contributed by atoms with van der Waals surface area (Å²) < 4.78 is 46.7. The summed E-state index contributed by atoms with van der Waals surface area (Å²) in [7, 11) is 0. The van der Waals surface area contributed by atoms with E-state index in [-0.39, 0.29) is 12.8 Å². The summed E-state index contributed by atoms with van der Waals surface area (Å²) in [5.41, 5.74) is 0. The highest BCUT2D eigenvalue weighted by Crippen LogP contribution is 2.33. The smallest absolute Gasteiger partial charge is 0.249 e. The number of carbonyl (C=O) groups excluding carboxylic acids is 2. The highest BCUT2D eigenvalue weighted by atomic mass is 16.8. The van der Waals surface area contributed by atoms with Crippen molar-refractivity contribution >= 4 is 11.8 Å². The molecule has 4 rings (SSSR count). The van der Waals surface area contributed by atoms with Gasteiger partial charge < -0.3 is 120 Å². The number of aliphatic hydroxyl groups excluding tert-OH is 14.